The molecule has 19 heavy (non-hydrogen) atoms. The number of hydrogen-bond donors (Lipinski definition) is 4. The minimum absolute atomic E-state index is 0.238. The molecule has 0 spiro atoms. The van der Waals surface area contributed by atoms with Crippen molar-refractivity contribution >= 4 is 0 Å². The van der Waals surface area contributed by atoms with Crippen molar-refractivity contribution in [3.63, 3.8) is 0 Å². The fraction of sp³-hybridized carbons (Fsp3) is 0.615. The molecular weight excluding hydrogens is 250 g/mol. The molecule has 0 aromatic carbocycles. The van der Waals surface area contributed by atoms with E-state index in [1.54, 1.807) is 13.0 Å². The normalized spacial score (nSPS) is 29.8. The van der Waals surface area contributed by atoms with Crippen LogP contribution in [0.4, 0.5) is 0 Å². The molecule has 1 aliphatic heterocycles. The minimum atomic E-state index is -1.13. The zero-order chi connectivity index (χ0) is 14.6. The second-order valence-electron chi connectivity index (χ2n) is 4.16. The van der Waals surface area contributed by atoms with Gasteiger partial charge in [0.15, 0.2) is 0 Å². The van der Waals surface area contributed by atoms with Gasteiger partial charge < -0.3 is 25.0 Å². The number of aliphatic hydroxyl groups is 3. The molecule has 4 unspecified atom stereocenters. The van der Waals surface area contributed by atoms with Gasteiger partial charge in [-0.15, -0.1) is 0 Å². The lowest BCUT2D eigenvalue weighted by atomic mass is 10.0. The fourth-order valence-electron chi connectivity index (χ4n) is 2.05. The molecular formula is C13H21NO5. The number of aromatic amines is 1. The molecule has 0 aliphatic carbocycles. The van der Waals surface area contributed by atoms with Crippen molar-refractivity contribution in [2.24, 2.45) is 0 Å². The number of ether oxygens (including phenoxy) is 1. The zero-order valence-electron chi connectivity index (χ0n) is 11.3. The van der Waals surface area contributed by atoms with Gasteiger partial charge in [0.25, 0.3) is 0 Å². The highest BCUT2D eigenvalue weighted by Gasteiger charge is 2.43. The van der Waals surface area contributed by atoms with Crippen molar-refractivity contribution in [1.82, 2.24) is 4.98 Å². The molecule has 6 nitrogen and oxygen atoms in total. The van der Waals surface area contributed by atoms with Gasteiger partial charge in [0, 0.05) is 17.3 Å². The van der Waals surface area contributed by atoms with Gasteiger partial charge in [-0.1, -0.05) is 13.8 Å². The summed E-state index contributed by atoms with van der Waals surface area (Å²) in [5.41, 5.74) is 0.942. The van der Waals surface area contributed by atoms with Gasteiger partial charge in [-0.05, 0) is 13.0 Å². The molecule has 0 amide bonds. The highest BCUT2D eigenvalue weighted by molar-refractivity contribution is 5.24. The molecule has 1 aromatic rings. The van der Waals surface area contributed by atoms with Gasteiger partial charge in [0.2, 0.25) is 5.56 Å². The Balaban J connectivity index is 0.000000861. The summed E-state index contributed by atoms with van der Waals surface area (Å²) in [7, 11) is 0. The van der Waals surface area contributed by atoms with E-state index in [0.717, 1.165) is 0 Å². The van der Waals surface area contributed by atoms with E-state index in [-0.39, 0.29) is 12.2 Å². The van der Waals surface area contributed by atoms with Crippen LogP contribution in [0.3, 0.4) is 0 Å². The molecule has 1 fully saturated rings. The van der Waals surface area contributed by atoms with E-state index in [0.29, 0.717) is 11.3 Å². The van der Waals surface area contributed by atoms with Crippen LogP contribution in [0.5, 0.6) is 0 Å². The second kappa shape index (κ2) is 6.81. The van der Waals surface area contributed by atoms with Crippen LogP contribution >= 0.6 is 0 Å². The van der Waals surface area contributed by atoms with Crippen LogP contribution in [0, 0.1) is 6.92 Å². The van der Waals surface area contributed by atoms with Crippen molar-refractivity contribution < 1.29 is 20.1 Å². The van der Waals surface area contributed by atoms with E-state index in [2.05, 4.69) is 4.98 Å². The summed E-state index contributed by atoms with van der Waals surface area (Å²) >= 11 is 0. The van der Waals surface area contributed by atoms with Gasteiger partial charge >= 0.3 is 0 Å². The van der Waals surface area contributed by atoms with Gasteiger partial charge in [-0.3, -0.25) is 4.79 Å². The maximum Gasteiger partial charge on any atom is 0.248 e. The molecule has 2 heterocycles. The third-order valence-electron chi connectivity index (χ3n) is 3.01. The minimum Gasteiger partial charge on any atom is -0.394 e. The number of nitrogens with one attached hydrogen (secondary N) is 1. The number of pyridine rings is 1. The Morgan fingerprint density at radius 1 is 1.26 bits per heavy atom. The Bertz CT molecular complexity index is 459. The van der Waals surface area contributed by atoms with Gasteiger partial charge in [0.05, 0.1) is 6.61 Å². The van der Waals surface area contributed by atoms with E-state index in [1.807, 2.05) is 13.8 Å². The van der Waals surface area contributed by atoms with Crippen molar-refractivity contribution in [1.29, 1.82) is 0 Å². The zero-order valence-corrected chi connectivity index (χ0v) is 11.3. The van der Waals surface area contributed by atoms with Crippen LogP contribution < -0.4 is 5.56 Å². The number of H-pyrrole nitrogens is 1. The standard InChI is InChI=1S/C11H15NO5.C2H6/c1-5-6(2-3-8(14)12-5)11-10(16)9(15)7(4-13)17-11;1-2/h2-3,7,9-11,13,15-16H,4H2,1H3,(H,12,14);1-2H3. The Labute approximate surface area is 111 Å². The number of aryl methyl sites for hydroxylation is 1. The van der Waals surface area contributed by atoms with Crippen LogP contribution in [0.1, 0.15) is 31.2 Å². The highest BCUT2D eigenvalue weighted by Crippen LogP contribution is 2.33. The summed E-state index contributed by atoms with van der Waals surface area (Å²) in [5.74, 6) is 0. The van der Waals surface area contributed by atoms with E-state index in [1.165, 1.54) is 6.07 Å². The summed E-state index contributed by atoms with van der Waals surface area (Å²) in [4.78, 5) is 13.7. The average Bonchev–Trinajstić information content (AvgIpc) is 2.69. The molecule has 1 aliphatic rings. The Hall–Kier alpha value is -1.21. The Morgan fingerprint density at radius 2 is 1.89 bits per heavy atom. The van der Waals surface area contributed by atoms with Crippen LogP contribution in [0.25, 0.3) is 0 Å². The fourth-order valence-corrected chi connectivity index (χ4v) is 2.05. The monoisotopic (exact) mass is 271 g/mol. The predicted molar refractivity (Wildman–Crippen MR) is 69.9 cm³/mol. The van der Waals surface area contributed by atoms with E-state index < -0.39 is 24.4 Å². The molecule has 0 bridgehead atoms. The van der Waals surface area contributed by atoms with Crippen LogP contribution in [-0.2, 0) is 4.74 Å². The molecule has 108 valence electrons. The summed E-state index contributed by atoms with van der Waals surface area (Å²) in [5, 5.41) is 28.4. The summed E-state index contributed by atoms with van der Waals surface area (Å²) in [6.07, 6.45) is -3.78. The van der Waals surface area contributed by atoms with Crippen molar-refractivity contribution in [2.75, 3.05) is 6.61 Å². The maximum absolute atomic E-state index is 11.1. The SMILES string of the molecule is CC.Cc1[nH]c(=O)ccc1C1OC(CO)C(O)C1O. The van der Waals surface area contributed by atoms with E-state index in [4.69, 9.17) is 9.84 Å². The molecule has 2 rings (SSSR count). The average molecular weight is 271 g/mol. The van der Waals surface area contributed by atoms with E-state index >= 15 is 0 Å². The van der Waals surface area contributed by atoms with Crippen molar-refractivity contribution in [3.8, 4) is 0 Å². The third-order valence-corrected chi connectivity index (χ3v) is 3.01. The largest absolute Gasteiger partial charge is 0.394 e. The lowest BCUT2D eigenvalue weighted by Crippen LogP contribution is -2.32. The number of hydrogen-bond acceptors (Lipinski definition) is 5. The molecule has 0 radical (unpaired) electrons. The maximum atomic E-state index is 11.1. The second-order valence-corrected chi connectivity index (χ2v) is 4.16. The first-order valence-electron chi connectivity index (χ1n) is 6.37. The summed E-state index contributed by atoms with van der Waals surface area (Å²) in [6, 6.07) is 2.88. The number of rotatable bonds is 2. The van der Waals surface area contributed by atoms with Gasteiger partial charge in [-0.25, -0.2) is 0 Å². The predicted octanol–water partition coefficient (Wildman–Crippen LogP) is -0.136. The molecule has 0 saturated carbocycles. The first-order chi connectivity index (χ1) is 9.04. The summed E-state index contributed by atoms with van der Waals surface area (Å²) < 4.78 is 5.37. The van der Waals surface area contributed by atoms with Gasteiger partial charge in [-0.2, -0.15) is 0 Å². The molecule has 6 heteroatoms. The smallest absolute Gasteiger partial charge is 0.248 e. The van der Waals surface area contributed by atoms with Crippen LogP contribution in [-0.4, -0.2) is 45.2 Å². The van der Waals surface area contributed by atoms with Crippen LogP contribution in [0.2, 0.25) is 0 Å². The Kier molecular flexibility index (Phi) is 5.68. The first kappa shape index (κ1) is 15.8. The highest BCUT2D eigenvalue weighted by atomic mass is 16.6. The van der Waals surface area contributed by atoms with E-state index in [9.17, 15) is 15.0 Å². The molecule has 1 saturated heterocycles. The topological polar surface area (TPSA) is 103 Å². The Morgan fingerprint density at radius 3 is 2.37 bits per heavy atom. The number of aromatic nitrogens is 1. The molecule has 1 aromatic heterocycles. The quantitative estimate of drug-likeness (QED) is 0.600. The lowest BCUT2D eigenvalue weighted by Gasteiger charge is -2.16. The molecule has 4 atom stereocenters. The molecule has 4 N–H and O–H groups in total. The number of aliphatic hydroxyl groups excluding tert-OH is 3. The lowest BCUT2D eigenvalue weighted by molar-refractivity contribution is -0.0230. The van der Waals surface area contributed by atoms with Crippen LogP contribution in [0.15, 0.2) is 16.9 Å². The van der Waals surface area contributed by atoms with Crippen molar-refractivity contribution in [3.05, 3.63) is 33.7 Å². The summed E-state index contributed by atoms with van der Waals surface area (Å²) in [6.45, 7) is 5.32. The van der Waals surface area contributed by atoms with Crippen molar-refractivity contribution in [2.45, 2.75) is 45.2 Å². The van der Waals surface area contributed by atoms with Gasteiger partial charge in [0.1, 0.15) is 24.4 Å². The third kappa shape index (κ3) is 3.22. The first-order valence-corrected chi connectivity index (χ1v) is 6.37.